The molecule has 1 heteroatoms. The molecule has 0 spiro atoms. The Balaban J connectivity index is 2.05. The Morgan fingerprint density at radius 2 is 1.73 bits per heavy atom. The maximum Gasteiger partial charge on any atom is 0.0276 e. The topological polar surface area (TPSA) is 4.93 Å². The van der Waals surface area contributed by atoms with E-state index in [4.69, 9.17) is 0 Å². The van der Waals surface area contributed by atoms with E-state index >= 15 is 0 Å². The van der Waals surface area contributed by atoms with Gasteiger partial charge in [-0.15, -0.1) is 0 Å². The van der Waals surface area contributed by atoms with Crippen LogP contribution in [0.1, 0.15) is 46.0 Å². The van der Waals surface area contributed by atoms with Crippen molar-refractivity contribution in [2.24, 2.45) is 11.3 Å². The Morgan fingerprint density at radius 3 is 2.27 bits per heavy atom. The van der Waals surface area contributed by atoms with E-state index in [1.165, 1.54) is 38.6 Å². The van der Waals surface area contributed by atoms with Gasteiger partial charge in [0.05, 0.1) is 0 Å². The Hall–Kier alpha value is -0.720. The van der Waals surface area contributed by atoms with Crippen LogP contribution in [0.2, 0.25) is 0 Å². The van der Waals surface area contributed by atoms with E-state index in [0.717, 1.165) is 5.92 Å². The molecule has 0 unspecified atom stereocenters. The third-order valence-corrected chi connectivity index (χ3v) is 3.69. The van der Waals surface area contributed by atoms with Gasteiger partial charge >= 0.3 is 0 Å². The molecule has 0 aliphatic heterocycles. The summed E-state index contributed by atoms with van der Waals surface area (Å²) in [6.07, 6.45) is 11.6. The number of rotatable bonds is 4. The number of aromatic nitrogens is 1. The quantitative estimate of drug-likeness (QED) is 0.697. The van der Waals surface area contributed by atoms with Crippen molar-refractivity contribution in [3.8, 4) is 0 Å². The molecule has 1 heterocycles. The zero-order chi connectivity index (χ0) is 10.7. The van der Waals surface area contributed by atoms with Crippen LogP contribution in [0.15, 0.2) is 24.5 Å². The normalized spacial score (nSPS) is 19.9. The van der Waals surface area contributed by atoms with Crippen molar-refractivity contribution < 1.29 is 0 Å². The van der Waals surface area contributed by atoms with Crippen LogP contribution in [-0.2, 0) is 6.54 Å². The van der Waals surface area contributed by atoms with Gasteiger partial charge in [-0.05, 0) is 42.7 Å². The van der Waals surface area contributed by atoms with Crippen molar-refractivity contribution in [1.82, 2.24) is 4.57 Å². The lowest BCUT2D eigenvalue weighted by Crippen LogP contribution is -2.24. The summed E-state index contributed by atoms with van der Waals surface area (Å²) in [7, 11) is 0. The highest BCUT2D eigenvalue weighted by atomic mass is 14.9. The van der Waals surface area contributed by atoms with Crippen LogP contribution in [0.4, 0.5) is 0 Å². The lowest BCUT2D eigenvalue weighted by Gasteiger charge is -2.31. The highest BCUT2D eigenvalue weighted by Gasteiger charge is 2.34. The van der Waals surface area contributed by atoms with Crippen molar-refractivity contribution in [3.63, 3.8) is 0 Å². The highest BCUT2D eigenvalue weighted by molar-refractivity contribution is 4.94. The average Bonchev–Trinajstić information content (AvgIpc) is 2.76. The summed E-state index contributed by atoms with van der Waals surface area (Å²) in [6, 6.07) is 4.27. The summed E-state index contributed by atoms with van der Waals surface area (Å²) in [5, 5.41) is 0. The summed E-state index contributed by atoms with van der Waals surface area (Å²) in [6.45, 7) is 5.95. The van der Waals surface area contributed by atoms with Gasteiger partial charge in [0.2, 0.25) is 0 Å². The third-order valence-electron chi connectivity index (χ3n) is 3.69. The SMILES string of the molecule is CC(C)CC1(Cn2cccc2)CCCC1. The molecule has 0 saturated heterocycles. The van der Waals surface area contributed by atoms with Gasteiger partial charge in [-0.3, -0.25) is 0 Å². The largest absolute Gasteiger partial charge is 0.354 e. The molecule has 0 bridgehead atoms. The molecule has 0 N–H and O–H groups in total. The first-order valence-electron chi connectivity index (χ1n) is 6.31. The van der Waals surface area contributed by atoms with E-state index in [1.54, 1.807) is 0 Å². The second-order valence-corrected chi connectivity index (χ2v) is 5.66. The molecule has 0 amide bonds. The Labute approximate surface area is 93.5 Å². The highest BCUT2D eigenvalue weighted by Crippen LogP contribution is 2.44. The first-order valence-corrected chi connectivity index (χ1v) is 6.31. The fraction of sp³-hybridized carbons (Fsp3) is 0.714. The summed E-state index contributed by atoms with van der Waals surface area (Å²) >= 11 is 0. The molecule has 2 rings (SSSR count). The van der Waals surface area contributed by atoms with Crippen LogP contribution in [-0.4, -0.2) is 4.57 Å². The minimum atomic E-state index is 0.604. The standard InChI is InChI=1S/C14H23N/c1-13(2)11-14(7-3-4-8-14)12-15-9-5-6-10-15/h5-6,9-10,13H,3-4,7-8,11-12H2,1-2H3. The molecule has 1 fully saturated rings. The number of hydrogen-bond donors (Lipinski definition) is 0. The fourth-order valence-corrected chi connectivity index (χ4v) is 3.28. The molecule has 0 atom stereocenters. The summed E-state index contributed by atoms with van der Waals surface area (Å²) < 4.78 is 2.37. The van der Waals surface area contributed by atoms with Crippen LogP contribution < -0.4 is 0 Å². The monoisotopic (exact) mass is 205 g/mol. The minimum Gasteiger partial charge on any atom is -0.354 e. The van der Waals surface area contributed by atoms with Gasteiger partial charge in [-0.25, -0.2) is 0 Å². The maximum absolute atomic E-state index is 2.37. The molecule has 15 heavy (non-hydrogen) atoms. The molecular formula is C14H23N. The van der Waals surface area contributed by atoms with E-state index in [0.29, 0.717) is 5.41 Å². The van der Waals surface area contributed by atoms with Gasteiger partial charge in [-0.1, -0.05) is 26.7 Å². The first kappa shape index (κ1) is 10.8. The smallest absolute Gasteiger partial charge is 0.0276 e. The molecule has 0 aromatic carbocycles. The summed E-state index contributed by atoms with van der Waals surface area (Å²) in [4.78, 5) is 0. The van der Waals surface area contributed by atoms with Crippen LogP contribution in [0.5, 0.6) is 0 Å². The number of nitrogens with zero attached hydrogens (tertiary/aromatic N) is 1. The zero-order valence-electron chi connectivity index (χ0n) is 10.1. The minimum absolute atomic E-state index is 0.604. The van der Waals surface area contributed by atoms with E-state index in [1.807, 2.05) is 0 Å². The van der Waals surface area contributed by atoms with Crippen molar-refractivity contribution in [2.75, 3.05) is 0 Å². The predicted octanol–water partition coefficient (Wildman–Crippen LogP) is 4.09. The molecule has 1 aliphatic rings. The Kier molecular flexibility index (Phi) is 3.18. The van der Waals surface area contributed by atoms with Gasteiger partial charge in [0.15, 0.2) is 0 Å². The lowest BCUT2D eigenvalue weighted by atomic mass is 9.78. The fourth-order valence-electron chi connectivity index (χ4n) is 3.28. The van der Waals surface area contributed by atoms with E-state index in [-0.39, 0.29) is 0 Å². The molecule has 1 aromatic heterocycles. The number of hydrogen-bond acceptors (Lipinski definition) is 0. The van der Waals surface area contributed by atoms with E-state index < -0.39 is 0 Å². The zero-order valence-corrected chi connectivity index (χ0v) is 10.1. The van der Waals surface area contributed by atoms with E-state index in [2.05, 4.69) is 42.9 Å². The lowest BCUT2D eigenvalue weighted by molar-refractivity contribution is 0.197. The summed E-state index contributed by atoms with van der Waals surface area (Å²) in [5.41, 5.74) is 0.604. The van der Waals surface area contributed by atoms with Crippen molar-refractivity contribution in [3.05, 3.63) is 24.5 Å². The third kappa shape index (κ3) is 2.64. The van der Waals surface area contributed by atoms with Crippen LogP contribution in [0.25, 0.3) is 0 Å². The van der Waals surface area contributed by atoms with Gasteiger partial charge in [-0.2, -0.15) is 0 Å². The van der Waals surface area contributed by atoms with Gasteiger partial charge < -0.3 is 4.57 Å². The summed E-state index contributed by atoms with van der Waals surface area (Å²) in [5.74, 6) is 0.832. The van der Waals surface area contributed by atoms with Gasteiger partial charge in [0, 0.05) is 18.9 Å². The predicted molar refractivity (Wildman–Crippen MR) is 64.8 cm³/mol. The van der Waals surface area contributed by atoms with Crippen molar-refractivity contribution in [1.29, 1.82) is 0 Å². The molecule has 1 aliphatic carbocycles. The second kappa shape index (κ2) is 4.42. The van der Waals surface area contributed by atoms with Crippen molar-refractivity contribution in [2.45, 2.75) is 52.5 Å². The van der Waals surface area contributed by atoms with Crippen LogP contribution >= 0.6 is 0 Å². The Morgan fingerprint density at radius 1 is 1.13 bits per heavy atom. The van der Waals surface area contributed by atoms with Crippen molar-refractivity contribution >= 4 is 0 Å². The average molecular weight is 205 g/mol. The van der Waals surface area contributed by atoms with Gasteiger partial charge in [0.25, 0.3) is 0 Å². The van der Waals surface area contributed by atoms with Gasteiger partial charge in [0.1, 0.15) is 0 Å². The molecule has 1 saturated carbocycles. The molecular weight excluding hydrogens is 182 g/mol. The second-order valence-electron chi connectivity index (χ2n) is 5.66. The maximum atomic E-state index is 2.37. The first-order chi connectivity index (χ1) is 7.20. The molecule has 0 radical (unpaired) electrons. The molecule has 1 nitrogen and oxygen atoms in total. The van der Waals surface area contributed by atoms with Crippen LogP contribution in [0, 0.1) is 11.3 Å². The molecule has 84 valence electrons. The van der Waals surface area contributed by atoms with E-state index in [9.17, 15) is 0 Å². The Bertz CT molecular complexity index is 278. The molecule has 1 aromatic rings. The van der Waals surface area contributed by atoms with Crippen LogP contribution in [0.3, 0.4) is 0 Å².